The van der Waals surface area contributed by atoms with Crippen molar-refractivity contribution in [1.29, 1.82) is 0 Å². The highest BCUT2D eigenvalue weighted by Gasteiger charge is 2.32. The number of halogens is 4. The predicted molar refractivity (Wildman–Crippen MR) is 121 cm³/mol. The van der Waals surface area contributed by atoms with Crippen LogP contribution in [0.15, 0.2) is 53.1 Å². The Morgan fingerprint density at radius 3 is 2.40 bits per heavy atom. The van der Waals surface area contributed by atoms with E-state index in [1.807, 2.05) is 11.8 Å². The molecule has 1 fully saturated rings. The summed E-state index contributed by atoms with van der Waals surface area (Å²) in [5, 5.41) is 6.60. The minimum atomic E-state index is -4.46. The van der Waals surface area contributed by atoms with Crippen LogP contribution in [0.5, 0.6) is 0 Å². The lowest BCUT2D eigenvalue weighted by Gasteiger charge is -2.39. The first kappa shape index (κ1) is 24.8. The molecule has 7 nitrogen and oxygen atoms in total. The molecule has 35 heavy (non-hydrogen) atoms. The van der Waals surface area contributed by atoms with Gasteiger partial charge in [-0.2, -0.15) is 18.2 Å². The largest absolute Gasteiger partial charge is 0.416 e. The van der Waals surface area contributed by atoms with Crippen LogP contribution in [-0.4, -0.2) is 58.1 Å². The first-order chi connectivity index (χ1) is 16.6. The Labute approximate surface area is 199 Å². The van der Waals surface area contributed by atoms with Gasteiger partial charge in [0.15, 0.2) is 0 Å². The van der Waals surface area contributed by atoms with Crippen molar-refractivity contribution in [2.75, 3.05) is 31.5 Å². The van der Waals surface area contributed by atoms with Crippen molar-refractivity contribution in [1.82, 2.24) is 19.9 Å². The van der Waals surface area contributed by atoms with Crippen molar-refractivity contribution in [2.45, 2.75) is 32.1 Å². The average Bonchev–Trinajstić information content (AvgIpc) is 3.33. The van der Waals surface area contributed by atoms with Gasteiger partial charge in [0.25, 0.3) is 0 Å². The molecule has 1 aliphatic rings. The van der Waals surface area contributed by atoms with Crippen molar-refractivity contribution >= 4 is 11.6 Å². The summed E-state index contributed by atoms with van der Waals surface area (Å²) >= 11 is 0. The Morgan fingerprint density at radius 1 is 1.03 bits per heavy atom. The molecule has 0 saturated carbocycles. The van der Waals surface area contributed by atoms with Crippen molar-refractivity contribution in [3.05, 3.63) is 65.8 Å². The van der Waals surface area contributed by atoms with Crippen LogP contribution < -0.4 is 5.32 Å². The number of hydrogen-bond acceptors (Lipinski definition) is 6. The highest BCUT2D eigenvalue weighted by atomic mass is 19.4. The number of benzene rings is 2. The van der Waals surface area contributed by atoms with Gasteiger partial charge in [-0.25, -0.2) is 4.39 Å². The molecule has 1 aliphatic heterocycles. The summed E-state index contributed by atoms with van der Waals surface area (Å²) < 4.78 is 57.7. The molecule has 1 N–H and O–H groups in total. The minimum Gasteiger partial charge on any atom is -0.337 e. The van der Waals surface area contributed by atoms with E-state index >= 15 is 0 Å². The third-order valence-corrected chi connectivity index (χ3v) is 6.16. The lowest BCUT2D eigenvalue weighted by molar-refractivity contribution is -0.137. The van der Waals surface area contributed by atoms with E-state index in [1.54, 1.807) is 13.0 Å². The number of piperazine rings is 1. The highest BCUT2D eigenvalue weighted by molar-refractivity contribution is 5.94. The fourth-order valence-electron chi connectivity index (χ4n) is 4.00. The summed E-state index contributed by atoms with van der Waals surface area (Å²) in [6.07, 6.45) is -4.46. The molecule has 1 saturated heterocycles. The molecule has 0 radical (unpaired) electrons. The van der Waals surface area contributed by atoms with Gasteiger partial charge in [-0.1, -0.05) is 23.4 Å². The van der Waals surface area contributed by atoms with Gasteiger partial charge < -0.3 is 9.84 Å². The van der Waals surface area contributed by atoms with Crippen LogP contribution in [0.2, 0.25) is 0 Å². The van der Waals surface area contributed by atoms with Gasteiger partial charge in [0.05, 0.1) is 17.6 Å². The van der Waals surface area contributed by atoms with E-state index in [1.165, 1.54) is 30.3 Å². The number of nitrogens with zero attached hydrogens (tertiary/aromatic N) is 4. The second-order valence-corrected chi connectivity index (χ2v) is 8.46. The lowest BCUT2D eigenvalue weighted by atomic mass is 10.1. The molecule has 0 bridgehead atoms. The number of hydrogen-bond donors (Lipinski definition) is 1. The van der Waals surface area contributed by atoms with Crippen LogP contribution in [0.25, 0.3) is 11.4 Å². The molecule has 11 heteroatoms. The van der Waals surface area contributed by atoms with Crippen LogP contribution in [0, 0.1) is 5.82 Å². The third-order valence-electron chi connectivity index (χ3n) is 6.16. The molecule has 3 aromatic rings. The molecule has 2 aromatic carbocycles. The van der Waals surface area contributed by atoms with Crippen LogP contribution in [0.3, 0.4) is 0 Å². The Balaban J connectivity index is 1.34. The third kappa shape index (κ3) is 5.85. The molecule has 1 amide bonds. The van der Waals surface area contributed by atoms with Crippen LogP contribution in [0.4, 0.5) is 23.2 Å². The number of rotatable bonds is 6. The first-order valence-electron chi connectivity index (χ1n) is 11.2. The zero-order chi connectivity index (χ0) is 25.2. The van der Waals surface area contributed by atoms with E-state index in [0.717, 1.165) is 12.1 Å². The van der Waals surface area contributed by atoms with Gasteiger partial charge in [-0.05, 0) is 44.2 Å². The van der Waals surface area contributed by atoms with E-state index in [9.17, 15) is 22.4 Å². The maximum Gasteiger partial charge on any atom is 0.416 e. The van der Waals surface area contributed by atoms with Crippen LogP contribution in [0.1, 0.15) is 31.3 Å². The first-order valence-corrected chi connectivity index (χ1v) is 11.2. The summed E-state index contributed by atoms with van der Waals surface area (Å²) in [6, 6.07) is 9.88. The number of anilines is 1. The molecule has 186 valence electrons. The zero-order valence-electron chi connectivity index (χ0n) is 19.2. The molecule has 2 heterocycles. The predicted octanol–water partition coefficient (Wildman–Crippen LogP) is 4.60. The number of carbonyl (C=O) groups is 1. The van der Waals surface area contributed by atoms with E-state index in [2.05, 4.69) is 20.4 Å². The second-order valence-electron chi connectivity index (χ2n) is 8.46. The van der Waals surface area contributed by atoms with E-state index in [-0.39, 0.29) is 23.3 Å². The van der Waals surface area contributed by atoms with E-state index in [4.69, 9.17) is 4.52 Å². The Kier molecular flexibility index (Phi) is 7.18. The number of aromatic nitrogens is 2. The Bertz CT molecular complexity index is 1170. The zero-order valence-corrected chi connectivity index (χ0v) is 19.2. The molecule has 4 rings (SSSR count). The minimum absolute atomic E-state index is 0.0965. The van der Waals surface area contributed by atoms with Crippen molar-refractivity contribution in [3.63, 3.8) is 0 Å². The molecule has 0 unspecified atom stereocenters. The normalized spacial score (nSPS) is 17.2. The maximum absolute atomic E-state index is 13.4. The van der Waals surface area contributed by atoms with Gasteiger partial charge in [-0.3, -0.25) is 14.6 Å². The highest BCUT2D eigenvalue weighted by Crippen LogP contribution is 2.32. The molecule has 1 aromatic heterocycles. The van der Waals surface area contributed by atoms with Gasteiger partial charge in [0, 0.05) is 37.4 Å². The quantitative estimate of drug-likeness (QED) is 0.508. The van der Waals surface area contributed by atoms with E-state index < -0.39 is 23.6 Å². The summed E-state index contributed by atoms with van der Waals surface area (Å²) in [7, 11) is 0. The standard InChI is InChI=1S/C24H25F4N5O2/c1-15(22(34)29-20-8-4-7-19(25)14-20)32-9-11-33(12-10-32)16(2)23-30-21(31-35-23)17-5-3-6-18(13-17)24(26,27)28/h3-8,13-16H,9-12H2,1-2H3,(H,29,34)/t15-,16+/m0/s1. The van der Waals surface area contributed by atoms with Gasteiger partial charge in [-0.15, -0.1) is 0 Å². The fourth-order valence-corrected chi connectivity index (χ4v) is 4.00. The van der Waals surface area contributed by atoms with Crippen molar-refractivity contribution in [3.8, 4) is 11.4 Å². The number of carbonyl (C=O) groups excluding carboxylic acids is 1. The average molecular weight is 491 g/mol. The smallest absolute Gasteiger partial charge is 0.337 e. The number of amides is 1. The molecule has 0 spiro atoms. The monoisotopic (exact) mass is 491 g/mol. The molecular weight excluding hydrogens is 466 g/mol. The fraction of sp³-hybridized carbons (Fsp3) is 0.375. The summed E-state index contributed by atoms with van der Waals surface area (Å²) in [6.45, 7) is 6.15. The summed E-state index contributed by atoms with van der Waals surface area (Å²) in [5.74, 6) is -0.239. The molecular formula is C24H25F4N5O2. The van der Waals surface area contributed by atoms with Gasteiger partial charge >= 0.3 is 6.18 Å². The number of nitrogens with one attached hydrogen (secondary N) is 1. The second kappa shape index (κ2) is 10.1. The Hall–Kier alpha value is -3.31. The summed E-state index contributed by atoms with van der Waals surface area (Å²) in [4.78, 5) is 21.0. The van der Waals surface area contributed by atoms with Gasteiger partial charge in [0.2, 0.25) is 17.6 Å². The van der Waals surface area contributed by atoms with Crippen LogP contribution >= 0.6 is 0 Å². The van der Waals surface area contributed by atoms with E-state index in [0.29, 0.717) is 37.8 Å². The Morgan fingerprint density at radius 2 is 1.71 bits per heavy atom. The number of alkyl halides is 3. The van der Waals surface area contributed by atoms with Crippen LogP contribution in [-0.2, 0) is 11.0 Å². The molecule has 2 atom stereocenters. The van der Waals surface area contributed by atoms with Crippen molar-refractivity contribution in [2.24, 2.45) is 0 Å². The SMILES string of the molecule is C[C@H](c1nc(-c2cccc(C(F)(F)F)c2)no1)N1CCN([C@@H](C)C(=O)Nc2cccc(F)c2)CC1. The van der Waals surface area contributed by atoms with Gasteiger partial charge in [0.1, 0.15) is 5.82 Å². The lowest BCUT2D eigenvalue weighted by Crippen LogP contribution is -2.53. The molecule has 0 aliphatic carbocycles. The maximum atomic E-state index is 13.4. The summed E-state index contributed by atoms with van der Waals surface area (Å²) in [5.41, 5.74) is -0.145. The van der Waals surface area contributed by atoms with Crippen molar-refractivity contribution < 1.29 is 26.9 Å². The topological polar surface area (TPSA) is 74.5 Å².